The zero-order chi connectivity index (χ0) is 17.6. The van der Waals surface area contributed by atoms with Crippen molar-refractivity contribution in [1.82, 2.24) is 10.6 Å². The van der Waals surface area contributed by atoms with E-state index in [-0.39, 0.29) is 24.3 Å². The van der Waals surface area contributed by atoms with Crippen LogP contribution in [0.5, 0.6) is 11.5 Å². The normalized spacial score (nSPS) is 17.6. The molecule has 3 rings (SSSR count). The van der Waals surface area contributed by atoms with Crippen LogP contribution in [0, 0.1) is 5.92 Å². The summed E-state index contributed by atoms with van der Waals surface area (Å²) in [5.41, 5.74) is 0.641. The van der Waals surface area contributed by atoms with Crippen molar-refractivity contribution in [2.45, 2.75) is 31.7 Å². The lowest BCUT2D eigenvalue weighted by molar-refractivity contribution is -0.123. The first kappa shape index (κ1) is 17.5. The molecule has 0 bridgehead atoms. The van der Waals surface area contributed by atoms with Crippen LogP contribution in [0.15, 0.2) is 18.2 Å². The molecular weight excluding hydrogens is 322 g/mol. The Hall–Kier alpha value is -2.28. The van der Waals surface area contributed by atoms with E-state index in [0.717, 1.165) is 38.8 Å². The number of piperidine rings is 1. The molecule has 2 amide bonds. The number of ether oxygens (including phenoxy) is 2. The highest BCUT2D eigenvalue weighted by Crippen LogP contribution is 2.30. The minimum atomic E-state index is -0.145. The number of methoxy groups -OCH3 is 1. The summed E-state index contributed by atoms with van der Waals surface area (Å²) >= 11 is 0. The molecule has 2 fully saturated rings. The van der Waals surface area contributed by atoms with Gasteiger partial charge in [-0.15, -0.1) is 0 Å². The van der Waals surface area contributed by atoms with Crippen molar-refractivity contribution in [2.75, 3.05) is 32.1 Å². The monoisotopic (exact) mass is 347 g/mol. The van der Waals surface area contributed by atoms with E-state index in [1.165, 1.54) is 0 Å². The van der Waals surface area contributed by atoms with Gasteiger partial charge in [0.15, 0.2) is 18.1 Å². The highest BCUT2D eigenvalue weighted by molar-refractivity contribution is 5.93. The number of amides is 2. The molecule has 0 unspecified atom stereocenters. The Morgan fingerprint density at radius 1 is 1.16 bits per heavy atom. The van der Waals surface area contributed by atoms with Gasteiger partial charge >= 0.3 is 0 Å². The van der Waals surface area contributed by atoms with Gasteiger partial charge in [0.05, 0.1) is 7.11 Å². The molecule has 1 aromatic rings. The SMILES string of the molecule is COc1ccc(NC(=O)C2CCNCC2)cc1OCC(=O)NC1CC1. The van der Waals surface area contributed by atoms with Gasteiger partial charge in [-0.3, -0.25) is 9.59 Å². The Balaban J connectivity index is 1.59. The summed E-state index contributed by atoms with van der Waals surface area (Å²) in [5, 5.41) is 9.05. The zero-order valence-corrected chi connectivity index (χ0v) is 14.5. The molecular formula is C18H25N3O4. The van der Waals surface area contributed by atoms with Gasteiger partial charge in [0.25, 0.3) is 5.91 Å². The average Bonchev–Trinajstić information content (AvgIpc) is 3.45. The second-order valence-corrected chi connectivity index (χ2v) is 6.51. The first-order chi connectivity index (χ1) is 12.2. The topological polar surface area (TPSA) is 88.7 Å². The van der Waals surface area contributed by atoms with Crippen LogP contribution in [0.25, 0.3) is 0 Å². The first-order valence-corrected chi connectivity index (χ1v) is 8.77. The lowest BCUT2D eigenvalue weighted by Gasteiger charge is -2.22. The lowest BCUT2D eigenvalue weighted by Crippen LogP contribution is -2.34. The molecule has 0 atom stereocenters. The molecule has 136 valence electrons. The third-order valence-corrected chi connectivity index (χ3v) is 4.44. The summed E-state index contributed by atoms with van der Waals surface area (Å²) in [7, 11) is 1.54. The molecule has 2 aliphatic rings. The van der Waals surface area contributed by atoms with E-state index in [9.17, 15) is 9.59 Å². The molecule has 1 aliphatic carbocycles. The van der Waals surface area contributed by atoms with Gasteiger partial charge in [0, 0.05) is 23.7 Å². The van der Waals surface area contributed by atoms with E-state index in [4.69, 9.17) is 9.47 Å². The maximum Gasteiger partial charge on any atom is 0.258 e. The van der Waals surface area contributed by atoms with Gasteiger partial charge in [-0.1, -0.05) is 0 Å². The second kappa shape index (κ2) is 8.20. The second-order valence-electron chi connectivity index (χ2n) is 6.51. The number of hydrogen-bond acceptors (Lipinski definition) is 5. The quantitative estimate of drug-likeness (QED) is 0.692. The average molecular weight is 347 g/mol. The van der Waals surface area contributed by atoms with Gasteiger partial charge in [0.1, 0.15) is 0 Å². The van der Waals surface area contributed by atoms with Crippen molar-refractivity contribution >= 4 is 17.5 Å². The Morgan fingerprint density at radius 3 is 2.60 bits per heavy atom. The standard InChI is InChI=1S/C18H25N3O4/c1-24-15-5-4-14(21-18(23)12-6-8-19-9-7-12)10-16(15)25-11-17(22)20-13-2-3-13/h4-5,10,12-13,19H,2-3,6-9,11H2,1H3,(H,20,22)(H,21,23). The van der Waals surface area contributed by atoms with Crippen LogP contribution in [0.4, 0.5) is 5.69 Å². The van der Waals surface area contributed by atoms with Crippen LogP contribution in [-0.4, -0.2) is 44.7 Å². The number of anilines is 1. The van der Waals surface area contributed by atoms with Crippen LogP contribution >= 0.6 is 0 Å². The minimum absolute atomic E-state index is 0.0177. The van der Waals surface area contributed by atoms with Crippen LogP contribution in [-0.2, 0) is 9.59 Å². The van der Waals surface area contributed by atoms with E-state index in [0.29, 0.717) is 23.2 Å². The van der Waals surface area contributed by atoms with Gasteiger partial charge in [-0.05, 0) is 50.9 Å². The first-order valence-electron chi connectivity index (χ1n) is 8.77. The van der Waals surface area contributed by atoms with Crippen molar-refractivity contribution in [2.24, 2.45) is 5.92 Å². The lowest BCUT2D eigenvalue weighted by atomic mass is 9.97. The Bertz CT molecular complexity index is 625. The Morgan fingerprint density at radius 2 is 1.92 bits per heavy atom. The predicted molar refractivity (Wildman–Crippen MR) is 93.9 cm³/mol. The maximum absolute atomic E-state index is 12.4. The smallest absolute Gasteiger partial charge is 0.258 e. The summed E-state index contributed by atoms with van der Waals surface area (Å²) in [6.07, 6.45) is 3.75. The molecule has 1 saturated carbocycles. The van der Waals surface area contributed by atoms with Gasteiger partial charge in [0.2, 0.25) is 5.91 Å². The van der Waals surface area contributed by atoms with E-state index in [1.807, 2.05) is 0 Å². The molecule has 1 saturated heterocycles. The fraction of sp³-hybridized carbons (Fsp3) is 0.556. The maximum atomic E-state index is 12.4. The number of carbonyl (C=O) groups excluding carboxylic acids is 2. The molecule has 3 N–H and O–H groups in total. The van der Waals surface area contributed by atoms with Crippen molar-refractivity contribution in [3.63, 3.8) is 0 Å². The Kier molecular flexibility index (Phi) is 5.75. The molecule has 1 heterocycles. The van der Waals surface area contributed by atoms with Crippen molar-refractivity contribution < 1.29 is 19.1 Å². The third kappa shape index (κ3) is 5.09. The number of hydrogen-bond donors (Lipinski definition) is 3. The van der Waals surface area contributed by atoms with Crippen LogP contribution in [0.1, 0.15) is 25.7 Å². The minimum Gasteiger partial charge on any atom is -0.493 e. The predicted octanol–water partition coefficient (Wildman–Crippen LogP) is 1.29. The highest BCUT2D eigenvalue weighted by atomic mass is 16.5. The fourth-order valence-electron chi connectivity index (χ4n) is 2.84. The van der Waals surface area contributed by atoms with E-state index in [1.54, 1.807) is 25.3 Å². The summed E-state index contributed by atoms with van der Waals surface area (Å²) in [6, 6.07) is 5.50. The molecule has 7 heteroatoms. The largest absolute Gasteiger partial charge is 0.493 e. The van der Waals surface area contributed by atoms with E-state index in [2.05, 4.69) is 16.0 Å². The molecule has 0 spiro atoms. The Labute approximate surface area is 147 Å². The molecule has 7 nitrogen and oxygen atoms in total. The zero-order valence-electron chi connectivity index (χ0n) is 14.5. The van der Waals surface area contributed by atoms with Crippen molar-refractivity contribution in [1.29, 1.82) is 0 Å². The fourth-order valence-corrected chi connectivity index (χ4v) is 2.84. The van der Waals surface area contributed by atoms with Crippen LogP contribution < -0.4 is 25.4 Å². The highest BCUT2D eigenvalue weighted by Gasteiger charge is 2.24. The molecule has 0 radical (unpaired) electrons. The third-order valence-electron chi connectivity index (χ3n) is 4.44. The summed E-state index contributed by atoms with van der Waals surface area (Å²) in [4.78, 5) is 24.1. The molecule has 1 aliphatic heterocycles. The number of rotatable bonds is 7. The number of benzene rings is 1. The van der Waals surface area contributed by atoms with Crippen LogP contribution in [0.2, 0.25) is 0 Å². The summed E-state index contributed by atoms with van der Waals surface area (Å²) in [6.45, 7) is 1.66. The van der Waals surface area contributed by atoms with Crippen molar-refractivity contribution in [3.05, 3.63) is 18.2 Å². The van der Waals surface area contributed by atoms with E-state index >= 15 is 0 Å². The number of carbonyl (C=O) groups is 2. The molecule has 0 aromatic heterocycles. The molecule has 25 heavy (non-hydrogen) atoms. The summed E-state index contributed by atoms with van der Waals surface area (Å²) in [5.74, 6) is 0.866. The van der Waals surface area contributed by atoms with Gasteiger partial charge in [-0.2, -0.15) is 0 Å². The van der Waals surface area contributed by atoms with Gasteiger partial charge in [-0.25, -0.2) is 0 Å². The van der Waals surface area contributed by atoms with Crippen LogP contribution in [0.3, 0.4) is 0 Å². The number of nitrogens with one attached hydrogen (secondary N) is 3. The van der Waals surface area contributed by atoms with E-state index < -0.39 is 0 Å². The molecule has 1 aromatic carbocycles. The van der Waals surface area contributed by atoms with Crippen molar-refractivity contribution in [3.8, 4) is 11.5 Å². The van der Waals surface area contributed by atoms with Gasteiger partial charge < -0.3 is 25.4 Å². The summed E-state index contributed by atoms with van der Waals surface area (Å²) < 4.78 is 10.9.